The second-order valence-corrected chi connectivity index (χ2v) is 6.70. The predicted octanol–water partition coefficient (Wildman–Crippen LogP) is 4.09. The minimum absolute atomic E-state index is 0.163. The Bertz CT molecular complexity index is 678. The van der Waals surface area contributed by atoms with Gasteiger partial charge in [0, 0.05) is 16.9 Å². The number of nitrogens with zero attached hydrogens (tertiary/aromatic N) is 2. The smallest absolute Gasteiger partial charge is 0.163 e. The van der Waals surface area contributed by atoms with E-state index in [0.717, 1.165) is 29.6 Å². The van der Waals surface area contributed by atoms with Crippen LogP contribution in [0.3, 0.4) is 0 Å². The van der Waals surface area contributed by atoms with Gasteiger partial charge in [0.25, 0.3) is 0 Å². The topological polar surface area (TPSA) is 70.3 Å². The van der Waals surface area contributed by atoms with E-state index >= 15 is 0 Å². The molecule has 1 aromatic carbocycles. The number of nitrogens with two attached hydrogens (primary N) is 1. The van der Waals surface area contributed by atoms with E-state index in [2.05, 4.69) is 44.6 Å². The second kappa shape index (κ2) is 7.02. The number of hydrogen-bond donors (Lipinski definition) is 1. The molecule has 5 heteroatoms. The average molecular weight is 317 g/mol. The Morgan fingerprint density at radius 2 is 1.52 bits per heavy atom. The zero-order valence-electron chi connectivity index (χ0n) is 14.8. The van der Waals surface area contributed by atoms with Gasteiger partial charge in [-0.15, -0.1) is 0 Å². The van der Waals surface area contributed by atoms with E-state index in [9.17, 15) is 0 Å². The molecule has 1 heterocycles. The molecular formula is C18H27N3O2. The summed E-state index contributed by atoms with van der Waals surface area (Å²) in [6, 6.07) is 3.79. The van der Waals surface area contributed by atoms with Crippen LogP contribution in [0.1, 0.15) is 53.3 Å². The van der Waals surface area contributed by atoms with Gasteiger partial charge in [0.05, 0.1) is 18.7 Å². The first-order valence-electron chi connectivity index (χ1n) is 8.24. The maximum absolute atomic E-state index is 6.15. The zero-order valence-corrected chi connectivity index (χ0v) is 14.8. The summed E-state index contributed by atoms with van der Waals surface area (Å²) in [5, 5.41) is 0.799. The van der Waals surface area contributed by atoms with Crippen molar-refractivity contribution in [1.29, 1.82) is 0 Å². The van der Waals surface area contributed by atoms with E-state index in [1.807, 2.05) is 12.1 Å². The summed E-state index contributed by atoms with van der Waals surface area (Å²) in [4.78, 5) is 9.13. The van der Waals surface area contributed by atoms with Crippen molar-refractivity contribution in [2.75, 3.05) is 18.9 Å². The molecule has 0 aliphatic heterocycles. The van der Waals surface area contributed by atoms with Crippen LogP contribution in [-0.2, 0) is 5.41 Å². The lowest BCUT2D eigenvalue weighted by Crippen LogP contribution is -2.17. The maximum atomic E-state index is 6.15. The number of ether oxygens (including phenoxy) is 2. The van der Waals surface area contributed by atoms with Gasteiger partial charge in [0.15, 0.2) is 11.5 Å². The Balaban J connectivity index is 2.56. The van der Waals surface area contributed by atoms with Crippen molar-refractivity contribution in [3.05, 3.63) is 18.0 Å². The molecule has 0 saturated carbocycles. The Labute approximate surface area is 138 Å². The van der Waals surface area contributed by atoms with Gasteiger partial charge in [-0.3, -0.25) is 0 Å². The van der Waals surface area contributed by atoms with Gasteiger partial charge in [-0.2, -0.15) is 0 Å². The molecule has 0 amide bonds. The van der Waals surface area contributed by atoms with Crippen LogP contribution in [0.2, 0.25) is 0 Å². The van der Waals surface area contributed by atoms with Crippen LogP contribution < -0.4 is 15.2 Å². The molecule has 0 atom stereocenters. The Hall–Kier alpha value is -2.04. The summed E-state index contributed by atoms with van der Waals surface area (Å²) in [6.45, 7) is 11.6. The summed E-state index contributed by atoms with van der Waals surface area (Å²) in [7, 11) is 0. The molecule has 0 bridgehead atoms. The van der Waals surface area contributed by atoms with Gasteiger partial charge in [0.1, 0.15) is 11.6 Å². The number of rotatable bonds is 6. The third kappa shape index (κ3) is 4.03. The molecule has 0 saturated heterocycles. The first-order valence-corrected chi connectivity index (χ1v) is 8.24. The number of fused-ring (bicyclic) bond motifs is 1. The maximum Gasteiger partial charge on any atom is 0.163 e. The van der Waals surface area contributed by atoms with E-state index < -0.39 is 0 Å². The monoisotopic (exact) mass is 317 g/mol. The molecule has 5 nitrogen and oxygen atoms in total. The molecule has 2 aromatic rings. The summed E-state index contributed by atoms with van der Waals surface area (Å²) in [5.74, 6) is 2.62. The first kappa shape index (κ1) is 17.3. The minimum atomic E-state index is -0.163. The Morgan fingerprint density at radius 3 is 2.04 bits per heavy atom. The lowest BCUT2D eigenvalue weighted by molar-refractivity contribution is 0.269. The molecule has 126 valence electrons. The summed E-state index contributed by atoms with van der Waals surface area (Å²) >= 11 is 0. The molecule has 0 spiro atoms. The van der Waals surface area contributed by atoms with Crippen molar-refractivity contribution in [3.8, 4) is 11.5 Å². The third-order valence-electron chi connectivity index (χ3n) is 3.38. The van der Waals surface area contributed by atoms with Gasteiger partial charge < -0.3 is 15.2 Å². The van der Waals surface area contributed by atoms with E-state index in [-0.39, 0.29) is 5.41 Å². The summed E-state index contributed by atoms with van der Waals surface area (Å²) in [6.07, 6.45) is 1.87. The molecule has 0 aliphatic rings. The summed E-state index contributed by atoms with van der Waals surface area (Å²) < 4.78 is 11.6. The number of hydrogen-bond acceptors (Lipinski definition) is 5. The minimum Gasteiger partial charge on any atom is -0.490 e. The molecule has 2 N–H and O–H groups in total. The quantitative estimate of drug-likeness (QED) is 0.869. The van der Waals surface area contributed by atoms with Crippen molar-refractivity contribution in [3.63, 3.8) is 0 Å². The molecule has 0 aliphatic carbocycles. The van der Waals surface area contributed by atoms with Gasteiger partial charge >= 0.3 is 0 Å². The fourth-order valence-corrected chi connectivity index (χ4v) is 2.15. The van der Waals surface area contributed by atoms with Gasteiger partial charge in [0.2, 0.25) is 0 Å². The molecule has 1 aromatic heterocycles. The van der Waals surface area contributed by atoms with Crippen LogP contribution in [0, 0.1) is 0 Å². The molecule has 2 rings (SSSR count). The molecule has 0 fully saturated rings. The van der Waals surface area contributed by atoms with Crippen molar-refractivity contribution < 1.29 is 9.47 Å². The molecule has 23 heavy (non-hydrogen) atoms. The van der Waals surface area contributed by atoms with E-state index in [1.165, 1.54) is 0 Å². The van der Waals surface area contributed by atoms with Crippen molar-refractivity contribution in [2.24, 2.45) is 0 Å². The second-order valence-electron chi connectivity index (χ2n) is 6.70. The first-order chi connectivity index (χ1) is 10.9. The zero-order chi connectivity index (χ0) is 17.0. The van der Waals surface area contributed by atoms with Gasteiger partial charge in [-0.1, -0.05) is 34.6 Å². The number of aromatic nitrogens is 2. The normalized spacial score (nSPS) is 11.7. The van der Waals surface area contributed by atoms with Crippen LogP contribution >= 0.6 is 0 Å². The fourth-order valence-electron chi connectivity index (χ4n) is 2.15. The van der Waals surface area contributed by atoms with E-state index in [0.29, 0.717) is 30.5 Å². The molecule has 0 radical (unpaired) electrons. The highest BCUT2D eigenvalue weighted by Crippen LogP contribution is 2.35. The summed E-state index contributed by atoms with van der Waals surface area (Å²) in [5.41, 5.74) is 6.78. The largest absolute Gasteiger partial charge is 0.490 e. The Morgan fingerprint density at radius 1 is 0.957 bits per heavy atom. The van der Waals surface area contributed by atoms with Crippen LogP contribution in [0.4, 0.5) is 5.82 Å². The predicted molar refractivity (Wildman–Crippen MR) is 94.2 cm³/mol. The Kier molecular flexibility index (Phi) is 5.29. The standard InChI is InChI=1S/C18H27N3O2/c1-6-8-22-14-10-12-13(11-15(14)23-9-7-2)20-17(18(3,4)5)21-16(12)19/h10-11H,6-9H2,1-5H3,(H2,19,20,21). The molecule has 0 unspecified atom stereocenters. The van der Waals surface area contributed by atoms with Crippen LogP contribution in [0.5, 0.6) is 11.5 Å². The van der Waals surface area contributed by atoms with Gasteiger partial charge in [-0.25, -0.2) is 9.97 Å². The molecular weight excluding hydrogens is 290 g/mol. The van der Waals surface area contributed by atoms with Crippen LogP contribution in [0.25, 0.3) is 10.9 Å². The highest BCUT2D eigenvalue weighted by atomic mass is 16.5. The SMILES string of the molecule is CCCOc1cc2nc(C(C)(C)C)nc(N)c2cc1OCCC. The van der Waals surface area contributed by atoms with Crippen LogP contribution in [0.15, 0.2) is 12.1 Å². The van der Waals surface area contributed by atoms with Crippen molar-refractivity contribution in [2.45, 2.75) is 52.9 Å². The third-order valence-corrected chi connectivity index (χ3v) is 3.38. The van der Waals surface area contributed by atoms with Gasteiger partial charge in [-0.05, 0) is 18.9 Å². The highest BCUT2D eigenvalue weighted by Gasteiger charge is 2.20. The lowest BCUT2D eigenvalue weighted by atomic mass is 9.95. The lowest BCUT2D eigenvalue weighted by Gasteiger charge is -2.19. The average Bonchev–Trinajstić information content (AvgIpc) is 2.49. The fraction of sp³-hybridized carbons (Fsp3) is 0.556. The number of nitrogen functional groups attached to an aromatic ring is 1. The number of benzene rings is 1. The van der Waals surface area contributed by atoms with E-state index in [4.69, 9.17) is 15.2 Å². The van der Waals surface area contributed by atoms with E-state index in [1.54, 1.807) is 0 Å². The van der Waals surface area contributed by atoms with Crippen LogP contribution in [-0.4, -0.2) is 23.2 Å². The highest BCUT2D eigenvalue weighted by molar-refractivity contribution is 5.90. The van der Waals surface area contributed by atoms with Crippen molar-refractivity contribution in [1.82, 2.24) is 9.97 Å². The van der Waals surface area contributed by atoms with Crippen molar-refractivity contribution >= 4 is 16.7 Å². The number of anilines is 1.